The zero-order valence-electron chi connectivity index (χ0n) is 21.7. The third-order valence-electron chi connectivity index (χ3n) is 6.61. The fraction of sp³-hybridized carbons (Fsp3) is 0.731. The SMILES string of the molecule is CC1CC2C(N1c1cc(C(C)(C)C)cc(C(C)(C)C)c1O)C(F)(F)CN2C(=O)OC(C)(C)C. The van der Waals surface area contributed by atoms with Gasteiger partial charge >= 0.3 is 6.09 Å². The number of rotatable bonds is 1. The molecule has 2 aliphatic rings. The van der Waals surface area contributed by atoms with Gasteiger partial charge in [-0.05, 0) is 56.6 Å². The van der Waals surface area contributed by atoms with Crippen molar-refractivity contribution in [2.24, 2.45) is 0 Å². The van der Waals surface area contributed by atoms with Crippen molar-refractivity contribution in [3.8, 4) is 5.75 Å². The van der Waals surface area contributed by atoms with E-state index in [0.29, 0.717) is 12.1 Å². The second kappa shape index (κ2) is 7.74. The summed E-state index contributed by atoms with van der Waals surface area (Å²) < 4.78 is 36.4. The Balaban J connectivity index is 2.12. The molecule has 0 aromatic heterocycles. The number of carbonyl (C=O) groups is 1. The van der Waals surface area contributed by atoms with Crippen LogP contribution in [0.4, 0.5) is 19.3 Å². The zero-order chi connectivity index (χ0) is 25.3. The Morgan fingerprint density at radius 2 is 1.64 bits per heavy atom. The fourth-order valence-corrected chi connectivity index (χ4v) is 5.00. The molecule has 1 amide bonds. The number of benzene rings is 1. The van der Waals surface area contributed by atoms with E-state index in [0.717, 1.165) is 11.1 Å². The lowest BCUT2D eigenvalue weighted by atomic mass is 9.79. The number of aromatic hydroxyl groups is 1. The van der Waals surface area contributed by atoms with Crippen LogP contribution < -0.4 is 4.90 Å². The summed E-state index contributed by atoms with van der Waals surface area (Å²) in [5.74, 6) is -3.10. The Labute approximate surface area is 197 Å². The van der Waals surface area contributed by atoms with E-state index in [1.807, 2.05) is 39.8 Å². The van der Waals surface area contributed by atoms with Gasteiger partial charge in [0.1, 0.15) is 17.4 Å². The lowest BCUT2D eigenvalue weighted by Gasteiger charge is -2.36. The van der Waals surface area contributed by atoms with Crippen LogP contribution in [-0.4, -0.2) is 52.3 Å². The van der Waals surface area contributed by atoms with Crippen molar-refractivity contribution in [2.75, 3.05) is 11.4 Å². The molecular formula is C26H40F2N2O3. The fourth-order valence-electron chi connectivity index (χ4n) is 5.00. The molecule has 0 aliphatic carbocycles. The summed E-state index contributed by atoms with van der Waals surface area (Å²) >= 11 is 0. The van der Waals surface area contributed by atoms with Crippen molar-refractivity contribution in [2.45, 2.75) is 116 Å². The van der Waals surface area contributed by atoms with Crippen LogP contribution >= 0.6 is 0 Å². The number of phenols is 1. The third kappa shape index (κ3) is 4.78. The number of anilines is 1. The number of fused-ring (bicyclic) bond motifs is 1. The second-order valence-electron chi connectivity index (χ2n) is 12.8. The van der Waals surface area contributed by atoms with Gasteiger partial charge in [-0.3, -0.25) is 4.90 Å². The summed E-state index contributed by atoms with van der Waals surface area (Å²) in [6.45, 7) is 18.6. The standard InChI is InChI=1S/C26H40F2N2O3/c1-15-11-19-21(26(27,28)14-29(19)22(32)33-25(8,9)10)30(15)18-13-16(23(2,3)4)12-17(20(18)31)24(5,6)7/h12-13,15,19,21,31H,11,14H2,1-10H3. The molecule has 7 heteroatoms. The average Bonchev–Trinajstić information content (AvgIpc) is 3.05. The summed E-state index contributed by atoms with van der Waals surface area (Å²) in [5, 5.41) is 11.3. The van der Waals surface area contributed by atoms with Crippen LogP contribution in [0.25, 0.3) is 0 Å². The lowest BCUT2D eigenvalue weighted by molar-refractivity contribution is -0.0119. The Hall–Kier alpha value is -2.05. The van der Waals surface area contributed by atoms with E-state index in [4.69, 9.17) is 4.74 Å². The van der Waals surface area contributed by atoms with Gasteiger partial charge in [0.15, 0.2) is 0 Å². The van der Waals surface area contributed by atoms with E-state index in [2.05, 4.69) is 20.8 Å². The number of hydrogen-bond acceptors (Lipinski definition) is 4. The molecule has 1 aromatic rings. The summed E-state index contributed by atoms with van der Waals surface area (Å²) in [5.41, 5.74) is 0.745. The van der Waals surface area contributed by atoms with Gasteiger partial charge in [0.25, 0.3) is 5.92 Å². The van der Waals surface area contributed by atoms with E-state index in [1.54, 1.807) is 25.7 Å². The molecule has 0 saturated carbocycles. The quantitative estimate of drug-likeness (QED) is 0.535. The Kier molecular flexibility index (Phi) is 6.00. The highest BCUT2D eigenvalue weighted by atomic mass is 19.3. The molecule has 3 atom stereocenters. The molecule has 0 spiro atoms. The highest BCUT2D eigenvalue weighted by Gasteiger charge is 2.63. The predicted octanol–water partition coefficient (Wildman–Crippen LogP) is 6.21. The first-order valence-corrected chi connectivity index (χ1v) is 11.8. The lowest BCUT2D eigenvalue weighted by Crippen LogP contribution is -2.47. The molecule has 2 fully saturated rings. The predicted molar refractivity (Wildman–Crippen MR) is 128 cm³/mol. The summed E-state index contributed by atoms with van der Waals surface area (Å²) in [7, 11) is 0. The van der Waals surface area contributed by atoms with Crippen LogP contribution in [-0.2, 0) is 15.6 Å². The monoisotopic (exact) mass is 466 g/mol. The van der Waals surface area contributed by atoms with Crippen LogP contribution in [0.5, 0.6) is 5.75 Å². The smallest absolute Gasteiger partial charge is 0.410 e. The minimum Gasteiger partial charge on any atom is -0.505 e. The summed E-state index contributed by atoms with van der Waals surface area (Å²) in [4.78, 5) is 15.6. The Morgan fingerprint density at radius 3 is 2.12 bits per heavy atom. The highest BCUT2D eigenvalue weighted by Crippen LogP contribution is 2.50. The first-order valence-electron chi connectivity index (χ1n) is 11.8. The number of likely N-dealkylation sites (tertiary alicyclic amines) is 1. The molecule has 3 rings (SSSR count). The first-order chi connectivity index (χ1) is 14.7. The van der Waals surface area contributed by atoms with Crippen molar-refractivity contribution in [3.63, 3.8) is 0 Å². The second-order valence-corrected chi connectivity index (χ2v) is 12.8. The number of halogens is 2. The average molecular weight is 467 g/mol. The van der Waals surface area contributed by atoms with Gasteiger partial charge in [-0.15, -0.1) is 0 Å². The van der Waals surface area contributed by atoms with Crippen molar-refractivity contribution >= 4 is 11.8 Å². The molecular weight excluding hydrogens is 426 g/mol. The third-order valence-corrected chi connectivity index (χ3v) is 6.61. The Bertz CT molecular complexity index is 925. The molecule has 2 aliphatic heterocycles. The number of alkyl halides is 2. The van der Waals surface area contributed by atoms with Crippen molar-refractivity contribution in [1.29, 1.82) is 0 Å². The number of hydrogen-bond donors (Lipinski definition) is 1. The van der Waals surface area contributed by atoms with Gasteiger partial charge in [0.2, 0.25) is 0 Å². The van der Waals surface area contributed by atoms with Gasteiger partial charge in [-0.2, -0.15) is 0 Å². The largest absolute Gasteiger partial charge is 0.505 e. The maximum Gasteiger partial charge on any atom is 0.410 e. The number of carbonyl (C=O) groups excluding carboxylic acids is 1. The number of amides is 1. The molecule has 1 N–H and O–H groups in total. The maximum atomic E-state index is 15.5. The Morgan fingerprint density at radius 1 is 1.06 bits per heavy atom. The van der Waals surface area contributed by atoms with Gasteiger partial charge in [0.05, 0.1) is 18.3 Å². The molecule has 3 unspecified atom stereocenters. The molecule has 1 aromatic carbocycles. The zero-order valence-corrected chi connectivity index (χ0v) is 21.7. The van der Waals surface area contributed by atoms with E-state index < -0.39 is 36.2 Å². The van der Waals surface area contributed by atoms with E-state index in [9.17, 15) is 9.90 Å². The number of phenolic OH excluding ortho intramolecular Hbond substituents is 1. The minimum absolute atomic E-state index is 0.0366. The molecule has 5 nitrogen and oxygen atoms in total. The van der Waals surface area contributed by atoms with Crippen LogP contribution in [0.1, 0.15) is 86.8 Å². The first kappa shape index (κ1) is 25.6. The van der Waals surface area contributed by atoms with E-state index in [-0.39, 0.29) is 22.6 Å². The number of ether oxygens (including phenoxy) is 1. The molecule has 0 radical (unpaired) electrons. The van der Waals surface area contributed by atoms with Gasteiger partial charge < -0.3 is 14.7 Å². The van der Waals surface area contributed by atoms with Gasteiger partial charge in [-0.25, -0.2) is 13.6 Å². The molecule has 186 valence electrons. The van der Waals surface area contributed by atoms with Gasteiger partial charge in [-0.1, -0.05) is 47.6 Å². The van der Waals surface area contributed by atoms with Crippen molar-refractivity contribution in [1.82, 2.24) is 4.90 Å². The van der Waals surface area contributed by atoms with E-state index >= 15 is 8.78 Å². The highest BCUT2D eigenvalue weighted by molar-refractivity contribution is 5.72. The maximum absolute atomic E-state index is 15.5. The van der Waals surface area contributed by atoms with Crippen molar-refractivity contribution < 1.29 is 23.4 Å². The molecule has 0 bridgehead atoms. The minimum atomic E-state index is -3.14. The van der Waals surface area contributed by atoms with Crippen LogP contribution in [0.15, 0.2) is 12.1 Å². The molecule has 33 heavy (non-hydrogen) atoms. The number of nitrogens with zero attached hydrogens (tertiary/aromatic N) is 2. The van der Waals surface area contributed by atoms with Gasteiger partial charge in [0, 0.05) is 11.6 Å². The topological polar surface area (TPSA) is 53.0 Å². The van der Waals surface area contributed by atoms with Crippen LogP contribution in [0.3, 0.4) is 0 Å². The molecule has 2 saturated heterocycles. The summed E-state index contributed by atoms with van der Waals surface area (Å²) in [6, 6.07) is 1.62. The van der Waals surface area contributed by atoms with Crippen LogP contribution in [0.2, 0.25) is 0 Å². The summed E-state index contributed by atoms with van der Waals surface area (Å²) in [6.07, 6.45) is -0.337. The van der Waals surface area contributed by atoms with Crippen molar-refractivity contribution in [3.05, 3.63) is 23.3 Å². The van der Waals surface area contributed by atoms with Crippen LogP contribution in [0, 0.1) is 0 Å². The molecule has 2 heterocycles. The van der Waals surface area contributed by atoms with E-state index in [1.165, 1.54) is 4.90 Å². The normalized spacial score (nSPS) is 25.4.